The molecule has 6 nitrogen and oxygen atoms in total. The standard InChI is InChI=1S/C13H24N4O2S/c1-4-17(5-2)10-11(3)16-20(18,19)13-9-7-6-8-12(13)15-14/h6-9,11,15-16H,4-5,10,14H2,1-3H3. The Hall–Kier alpha value is -1.15. The van der Waals surface area contributed by atoms with E-state index < -0.39 is 10.0 Å². The van der Waals surface area contributed by atoms with Crippen LogP contribution in [0.4, 0.5) is 5.69 Å². The fourth-order valence-corrected chi connectivity index (χ4v) is 3.46. The lowest BCUT2D eigenvalue weighted by atomic mass is 10.3. The average Bonchev–Trinajstić information content (AvgIpc) is 2.44. The summed E-state index contributed by atoms with van der Waals surface area (Å²) in [5.74, 6) is 5.35. The summed E-state index contributed by atoms with van der Waals surface area (Å²) in [6, 6.07) is 6.38. The van der Waals surface area contributed by atoms with Crippen LogP contribution in [0.15, 0.2) is 29.2 Å². The molecule has 0 saturated carbocycles. The molecule has 0 amide bonds. The van der Waals surface area contributed by atoms with Crippen LogP contribution >= 0.6 is 0 Å². The first-order valence-corrected chi connectivity index (χ1v) is 8.23. The van der Waals surface area contributed by atoms with Gasteiger partial charge in [-0.2, -0.15) is 0 Å². The molecule has 0 saturated heterocycles. The molecule has 0 fully saturated rings. The number of para-hydroxylation sites is 1. The molecule has 0 heterocycles. The van der Waals surface area contributed by atoms with E-state index in [4.69, 9.17) is 5.84 Å². The van der Waals surface area contributed by atoms with Gasteiger partial charge in [-0.25, -0.2) is 13.1 Å². The first-order chi connectivity index (χ1) is 9.44. The van der Waals surface area contributed by atoms with E-state index in [-0.39, 0.29) is 10.9 Å². The number of anilines is 1. The predicted octanol–water partition coefficient (Wildman–Crippen LogP) is 0.981. The third-order valence-electron chi connectivity index (χ3n) is 3.11. The van der Waals surface area contributed by atoms with E-state index in [2.05, 4.69) is 28.9 Å². The second-order valence-electron chi connectivity index (χ2n) is 4.65. The minimum absolute atomic E-state index is 0.161. The molecular formula is C13H24N4O2S. The molecule has 20 heavy (non-hydrogen) atoms. The number of hydrazine groups is 1. The molecule has 4 N–H and O–H groups in total. The highest BCUT2D eigenvalue weighted by atomic mass is 32.2. The van der Waals surface area contributed by atoms with E-state index in [0.717, 1.165) is 13.1 Å². The van der Waals surface area contributed by atoms with Gasteiger partial charge in [0.25, 0.3) is 0 Å². The highest BCUT2D eigenvalue weighted by molar-refractivity contribution is 7.89. The first-order valence-electron chi connectivity index (χ1n) is 6.74. The minimum Gasteiger partial charge on any atom is -0.323 e. The molecule has 0 spiro atoms. The van der Waals surface area contributed by atoms with Crippen LogP contribution < -0.4 is 16.0 Å². The van der Waals surface area contributed by atoms with Crippen LogP contribution in [0.3, 0.4) is 0 Å². The monoisotopic (exact) mass is 300 g/mol. The lowest BCUT2D eigenvalue weighted by Gasteiger charge is -2.23. The number of sulfonamides is 1. The van der Waals surface area contributed by atoms with Crippen molar-refractivity contribution in [3.63, 3.8) is 0 Å². The van der Waals surface area contributed by atoms with Gasteiger partial charge in [0.05, 0.1) is 5.69 Å². The Kier molecular flexibility index (Phi) is 6.41. The minimum atomic E-state index is -3.58. The summed E-state index contributed by atoms with van der Waals surface area (Å²) in [5.41, 5.74) is 2.79. The Balaban J connectivity index is 2.84. The van der Waals surface area contributed by atoms with Crippen molar-refractivity contribution in [2.75, 3.05) is 25.1 Å². The maximum Gasteiger partial charge on any atom is 0.242 e. The fraction of sp³-hybridized carbons (Fsp3) is 0.538. The van der Waals surface area contributed by atoms with Gasteiger partial charge in [0.15, 0.2) is 0 Å². The van der Waals surface area contributed by atoms with E-state index in [0.29, 0.717) is 12.2 Å². The van der Waals surface area contributed by atoms with Crippen LogP contribution in [0.5, 0.6) is 0 Å². The van der Waals surface area contributed by atoms with Gasteiger partial charge in [-0.15, -0.1) is 0 Å². The summed E-state index contributed by atoms with van der Waals surface area (Å²) in [4.78, 5) is 2.33. The molecule has 1 atom stereocenters. The summed E-state index contributed by atoms with van der Waals surface area (Å²) >= 11 is 0. The van der Waals surface area contributed by atoms with Crippen LogP contribution in [0.25, 0.3) is 0 Å². The van der Waals surface area contributed by atoms with Crippen molar-refractivity contribution in [1.82, 2.24) is 9.62 Å². The van der Waals surface area contributed by atoms with E-state index in [1.165, 1.54) is 6.07 Å². The summed E-state index contributed by atoms with van der Waals surface area (Å²) < 4.78 is 27.4. The quantitative estimate of drug-likeness (QED) is 0.492. The topological polar surface area (TPSA) is 87.5 Å². The smallest absolute Gasteiger partial charge is 0.242 e. The molecule has 1 aromatic rings. The highest BCUT2D eigenvalue weighted by Gasteiger charge is 2.21. The molecule has 0 aromatic heterocycles. The van der Waals surface area contributed by atoms with Gasteiger partial charge in [0.1, 0.15) is 4.90 Å². The highest BCUT2D eigenvalue weighted by Crippen LogP contribution is 2.19. The fourth-order valence-electron chi connectivity index (χ4n) is 2.05. The van der Waals surface area contributed by atoms with Crippen molar-refractivity contribution >= 4 is 15.7 Å². The van der Waals surface area contributed by atoms with Crippen molar-refractivity contribution in [3.8, 4) is 0 Å². The normalized spacial score (nSPS) is 13.4. The summed E-state index contributed by atoms with van der Waals surface area (Å²) in [6.07, 6.45) is 0. The molecule has 1 aromatic carbocycles. The predicted molar refractivity (Wildman–Crippen MR) is 81.8 cm³/mol. The lowest BCUT2D eigenvalue weighted by Crippen LogP contribution is -2.42. The number of hydrogen-bond donors (Lipinski definition) is 3. The average molecular weight is 300 g/mol. The van der Waals surface area contributed by atoms with Crippen molar-refractivity contribution in [1.29, 1.82) is 0 Å². The number of nitrogens with zero attached hydrogens (tertiary/aromatic N) is 1. The third kappa shape index (κ3) is 4.45. The summed E-state index contributed by atoms with van der Waals surface area (Å²) in [5, 5.41) is 0. The van der Waals surface area contributed by atoms with Crippen LogP contribution in [0.2, 0.25) is 0 Å². The molecule has 0 radical (unpaired) electrons. The van der Waals surface area contributed by atoms with E-state index in [1.54, 1.807) is 18.2 Å². The Morgan fingerprint density at radius 3 is 2.40 bits per heavy atom. The van der Waals surface area contributed by atoms with Gasteiger partial charge in [-0.1, -0.05) is 26.0 Å². The molecule has 0 aliphatic carbocycles. The molecule has 0 aliphatic heterocycles. The zero-order valence-corrected chi connectivity index (χ0v) is 13.1. The zero-order valence-electron chi connectivity index (χ0n) is 12.3. The second kappa shape index (κ2) is 7.58. The molecular weight excluding hydrogens is 276 g/mol. The van der Waals surface area contributed by atoms with E-state index >= 15 is 0 Å². The van der Waals surface area contributed by atoms with Gasteiger partial charge in [0, 0.05) is 12.6 Å². The van der Waals surface area contributed by atoms with Crippen molar-refractivity contribution in [2.45, 2.75) is 31.7 Å². The largest absolute Gasteiger partial charge is 0.323 e. The molecule has 114 valence electrons. The number of likely N-dealkylation sites (N-methyl/N-ethyl adjacent to an activating group) is 1. The maximum atomic E-state index is 12.4. The van der Waals surface area contributed by atoms with Gasteiger partial charge in [-0.3, -0.25) is 5.84 Å². The summed E-state index contributed by atoms with van der Waals surface area (Å²) in [7, 11) is -3.58. The van der Waals surface area contributed by atoms with Crippen LogP contribution in [-0.4, -0.2) is 39.0 Å². The number of nitrogen functional groups attached to an aromatic ring is 1. The molecule has 1 unspecified atom stereocenters. The lowest BCUT2D eigenvalue weighted by molar-refractivity contribution is 0.282. The third-order valence-corrected chi connectivity index (χ3v) is 4.76. The van der Waals surface area contributed by atoms with Gasteiger partial charge in [0.2, 0.25) is 10.0 Å². The van der Waals surface area contributed by atoms with Crippen molar-refractivity contribution in [3.05, 3.63) is 24.3 Å². The van der Waals surface area contributed by atoms with E-state index in [9.17, 15) is 8.42 Å². The Bertz CT molecular complexity index is 515. The van der Waals surface area contributed by atoms with Crippen LogP contribution in [0, 0.1) is 0 Å². The first kappa shape index (κ1) is 16.9. The van der Waals surface area contributed by atoms with Crippen LogP contribution in [0.1, 0.15) is 20.8 Å². The van der Waals surface area contributed by atoms with Gasteiger partial charge in [-0.05, 0) is 32.1 Å². The Morgan fingerprint density at radius 2 is 1.85 bits per heavy atom. The van der Waals surface area contributed by atoms with Crippen molar-refractivity contribution < 1.29 is 8.42 Å². The number of nitrogens with two attached hydrogens (primary N) is 1. The zero-order chi connectivity index (χ0) is 15.2. The maximum absolute atomic E-state index is 12.4. The Labute approximate surface area is 121 Å². The van der Waals surface area contributed by atoms with Crippen molar-refractivity contribution in [2.24, 2.45) is 5.84 Å². The van der Waals surface area contributed by atoms with E-state index in [1.807, 2.05) is 6.92 Å². The second-order valence-corrected chi connectivity index (χ2v) is 6.33. The van der Waals surface area contributed by atoms with Gasteiger partial charge >= 0.3 is 0 Å². The molecule has 7 heteroatoms. The number of benzene rings is 1. The SMILES string of the molecule is CCN(CC)CC(C)NS(=O)(=O)c1ccccc1NN. The molecule has 0 bridgehead atoms. The van der Waals surface area contributed by atoms with Crippen LogP contribution in [-0.2, 0) is 10.0 Å². The molecule has 1 rings (SSSR count). The summed E-state index contributed by atoms with van der Waals surface area (Å²) in [6.45, 7) is 8.42. The molecule has 0 aliphatic rings. The van der Waals surface area contributed by atoms with Gasteiger partial charge < -0.3 is 10.3 Å². The number of hydrogen-bond acceptors (Lipinski definition) is 5. The Morgan fingerprint density at radius 1 is 1.25 bits per heavy atom. The number of nitrogens with one attached hydrogen (secondary N) is 2. The number of rotatable bonds is 8.